The highest BCUT2D eigenvalue weighted by Gasteiger charge is 2.21. The van der Waals surface area contributed by atoms with E-state index < -0.39 is 0 Å². The minimum atomic E-state index is -0.0572. The molecule has 0 rings (SSSR count). The quantitative estimate of drug-likeness (QED) is 0.310. The molecule has 0 aromatic rings. The Balaban J connectivity index is 0. The van der Waals surface area contributed by atoms with Crippen LogP contribution in [0.1, 0.15) is 73.1 Å². The van der Waals surface area contributed by atoms with Crippen molar-refractivity contribution in [3.63, 3.8) is 0 Å². The molecule has 0 heterocycles. The number of esters is 1. The summed E-state index contributed by atoms with van der Waals surface area (Å²) >= 11 is 0. The van der Waals surface area contributed by atoms with Crippen LogP contribution in [0.25, 0.3) is 0 Å². The van der Waals surface area contributed by atoms with E-state index in [4.69, 9.17) is 4.74 Å². The second-order valence-corrected chi connectivity index (χ2v) is 7.76. The van der Waals surface area contributed by atoms with Crippen LogP contribution < -0.4 is 0 Å². The molecule has 0 aliphatic rings. The van der Waals surface area contributed by atoms with E-state index in [9.17, 15) is 4.79 Å². The number of rotatable bonds is 9. The maximum Gasteiger partial charge on any atom is 0.305 e. The normalized spacial score (nSPS) is 13.2. The molecule has 0 amide bonds. The summed E-state index contributed by atoms with van der Waals surface area (Å²) in [6, 6.07) is 0. The molecule has 4 heteroatoms. The van der Waals surface area contributed by atoms with E-state index in [1.807, 2.05) is 28.5 Å². The molecule has 0 radical (unpaired) electrons. The van der Waals surface area contributed by atoms with Crippen LogP contribution in [0, 0.1) is 0 Å². The minimum absolute atomic E-state index is 0.0572. The summed E-state index contributed by atoms with van der Waals surface area (Å²) < 4.78 is 5.25. The van der Waals surface area contributed by atoms with Crippen molar-refractivity contribution in [1.82, 2.24) is 0 Å². The van der Waals surface area contributed by atoms with E-state index in [1.165, 1.54) is 19.3 Å². The molecule has 0 aromatic heterocycles. The SMILES string of the molecule is CCC.CCOC(=O)CCCC[C@](C)(CC)SSC. The van der Waals surface area contributed by atoms with Crippen molar-refractivity contribution < 1.29 is 9.53 Å². The van der Waals surface area contributed by atoms with Gasteiger partial charge in [-0.1, -0.05) is 55.2 Å². The van der Waals surface area contributed by atoms with E-state index in [1.54, 1.807) is 0 Å². The molecule has 0 bridgehead atoms. The highest BCUT2D eigenvalue weighted by Crippen LogP contribution is 2.40. The van der Waals surface area contributed by atoms with Crippen LogP contribution in [-0.4, -0.2) is 23.6 Å². The molecule has 0 spiro atoms. The van der Waals surface area contributed by atoms with E-state index in [0.29, 0.717) is 17.8 Å². The van der Waals surface area contributed by atoms with Crippen molar-refractivity contribution in [2.24, 2.45) is 0 Å². The lowest BCUT2D eigenvalue weighted by Crippen LogP contribution is -2.17. The fourth-order valence-corrected chi connectivity index (χ4v) is 4.04. The lowest BCUT2D eigenvalue weighted by atomic mass is 10.00. The van der Waals surface area contributed by atoms with Gasteiger partial charge in [0.15, 0.2) is 0 Å². The van der Waals surface area contributed by atoms with Gasteiger partial charge in [-0.3, -0.25) is 4.79 Å². The molecule has 0 N–H and O–H groups in total. The van der Waals surface area contributed by atoms with Crippen LogP contribution in [0.3, 0.4) is 0 Å². The maximum atomic E-state index is 11.1. The van der Waals surface area contributed by atoms with Crippen molar-refractivity contribution in [3.05, 3.63) is 0 Å². The van der Waals surface area contributed by atoms with Gasteiger partial charge in [-0.2, -0.15) is 0 Å². The molecule has 0 fully saturated rings. The fourth-order valence-electron chi connectivity index (χ4n) is 1.48. The second-order valence-electron chi connectivity index (χ2n) is 4.77. The molecule has 0 aliphatic heterocycles. The topological polar surface area (TPSA) is 26.3 Å². The lowest BCUT2D eigenvalue weighted by Gasteiger charge is -2.26. The average molecular weight is 309 g/mol. The molecular formula is C15H32O2S2. The number of carbonyl (C=O) groups excluding carboxylic acids is 1. The molecule has 0 aliphatic carbocycles. The van der Waals surface area contributed by atoms with Crippen molar-refractivity contribution in [2.75, 3.05) is 12.9 Å². The first kappa shape index (κ1) is 21.5. The van der Waals surface area contributed by atoms with Crippen LogP contribution in [0.5, 0.6) is 0 Å². The predicted octanol–water partition coefficient (Wildman–Crippen LogP) is 5.71. The summed E-state index contributed by atoms with van der Waals surface area (Å²) in [6.07, 6.45) is 8.35. The number of hydrogen-bond donors (Lipinski definition) is 0. The fraction of sp³-hybridized carbons (Fsp3) is 0.933. The zero-order chi connectivity index (χ0) is 15.1. The largest absolute Gasteiger partial charge is 0.466 e. The van der Waals surface area contributed by atoms with Crippen LogP contribution in [0.4, 0.5) is 0 Å². The van der Waals surface area contributed by atoms with Crippen molar-refractivity contribution in [2.45, 2.75) is 77.9 Å². The number of ether oxygens (including phenoxy) is 1. The Morgan fingerprint density at radius 3 is 2.16 bits per heavy atom. The summed E-state index contributed by atoms with van der Waals surface area (Å²) in [5, 5.41) is 0. The second kappa shape index (κ2) is 14.6. The molecule has 0 aromatic carbocycles. The number of hydrogen-bond acceptors (Lipinski definition) is 4. The van der Waals surface area contributed by atoms with Crippen molar-refractivity contribution in [1.29, 1.82) is 0 Å². The maximum absolute atomic E-state index is 11.1. The molecule has 0 saturated heterocycles. The Labute approximate surface area is 128 Å². The van der Waals surface area contributed by atoms with Gasteiger partial charge in [-0.15, -0.1) is 0 Å². The van der Waals surface area contributed by atoms with Gasteiger partial charge in [0.2, 0.25) is 0 Å². The third-order valence-electron chi connectivity index (χ3n) is 2.67. The first-order chi connectivity index (χ1) is 8.99. The molecule has 116 valence electrons. The molecule has 1 atom stereocenters. The van der Waals surface area contributed by atoms with Gasteiger partial charge in [-0.25, -0.2) is 0 Å². The smallest absolute Gasteiger partial charge is 0.305 e. The Hall–Kier alpha value is 0.170. The summed E-state index contributed by atoms with van der Waals surface area (Å²) in [4.78, 5) is 11.1. The lowest BCUT2D eigenvalue weighted by molar-refractivity contribution is -0.143. The van der Waals surface area contributed by atoms with Crippen molar-refractivity contribution in [3.8, 4) is 0 Å². The summed E-state index contributed by atoms with van der Waals surface area (Å²) in [6.45, 7) is 11.1. The van der Waals surface area contributed by atoms with E-state index in [2.05, 4.69) is 34.0 Å². The third kappa shape index (κ3) is 14.4. The molecular weight excluding hydrogens is 276 g/mol. The average Bonchev–Trinajstić information content (AvgIpc) is 2.36. The van der Waals surface area contributed by atoms with E-state index in [0.717, 1.165) is 12.8 Å². The number of unbranched alkanes of at least 4 members (excludes halogenated alkanes) is 1. The highest BCUT2D eigenvalue weighted by molar-refractivity contribution is 8.76. The van der Waals surface area contributed by atoms with Crippen LogP contribution in [-0.2, 0) is 9.53 Å². The van der Waals surface area contributed by atoms with Gasteiger partial charge < -0.3 is 4.74 Å². The van der Waals surface area contributed by atoms with Gasteiger partial charge in [0.1, 0.15) is 0 Å². The minimum Gasteiger partial charge on any atom is -0.466 e. The summed E-state index contributed by atoms with van der Waals surface area (Å²) in [5.41, 5.74) is 0. The Kier molecular flexibility index (Phi) is 16.5. The van der Waals surface area contributed by atoms with Gasteiger partial charge in [0.25, 0.3) is 0 Å². The first-order valence-corrected chi connectivity index (χ1v) is 9.92. The van der Waals surface area contributed by atoms with Crippen molar-refractivity contribution >= 4 is 27.6 Å². The van der Waals surface area contributed by atoms with Crippen LogP contribution in [0.2, 0.25) is 0 Å². The van der Waals surface area contributed by atoms with Gasteiger partial charge in [0, 0.05) is 11.2 Å². The summed E-state index contributed by atoms with van der Waals surface area (Å²) in [7, 11) is 3.78. The Morgan fingerprint density at radius 1 is 1.16 bits per heavy atom. The first-order valence-electron chi connectivity index (χ1n) is 7.37. The standard InChI is InChI=1S/C12H24O2S2.C3H8/c1-5-12(3,16-15-4)10-8-7-9-11(13)14-6-2;1-3-2/h5-10H2,1-4H3;3H2,1-2H3/t12-;/m0./s1. The van der Waals surface area contributed by atoms with Crippen LogP contribution >= 0.6 is 21.6 Å². The highest BCUT2D eigenvalue weighted by atomic mass is 33.1. The predicted molar refractivity (Wildman–Crippen MR) is 90.9 cm³/mol. The van der Waals surface area contributed by atoms with E-state index in [-0.39, 0.29) is 5.97 Å². The zero-order valence-electron chi connectivity index (χ0n) is 13.6. The molecule has 0 saturated carbocycles. The van der Waals surface area contributed by atoms with Crippen LogP contribution in [0.15, 0.2) is 0 Å². The third-order valence-corrected chi connectivity index (χ3v) is 5.44. The number of carbonyl (C=O) groups is 1. The molecule has 0 unspecified atom stereocenters. The monoisotopic (exact) mass is 308 g/mol. The molecule has 19 heavy (non-hydrogen) atoms. The zero-order valence-corrected chi connectivity index (χ0v) is 15.2. The van der Waals surface area contributed by atoms with Gasteiger partial charge in [0.05, 0.1) is 6.61 Å². The van der Waals surface area contributed by atoms with E-state index >= 15 is 0 Å². The van der Waals surface area contributed by atoms with Gasteiger partial charge in [-0.05, 0) is 39.4 Å². The Bertz CT molecular complexity index is 210. The Morgan fingerprint density at radius 2 is 1.74 bits per heavy atom. The van der Waals surface area contributed by atoms with Gasteiger partial charge >= 0.3 is 5.97 Å². The summed E-state index contributed by atoms with van der Waals surface area (Å²) in [5.74, 6) is -0.0572. The molecule has 2 nitrogen and oxygen atoms in total.